The zero-order chi connectivity index (χ0) is 5.45. The average molecular weight is 111 g/mol. The van der Waals surface area contributed by atoms with E-state index in [4.69, 9.17) is 0 Å². The average Bonchev–Trinajstić information content (AvgIpc) is 2.52. The molecule has 0 aromatic heterocycles. The number of nitrogens with one attached hydrogen (secondary N) is 2. The van der Waals surface area contributed by atoms with Crippen LogP contribution in [0, 0.1) is 0 Å². The van der Waals surface area contributed by atoms with E-state index < -0.39 is 0 Å². The molecule has 1 fully saturated rings. The van der Waals surface area contributed by atoms with Crippen molar-refractivity contribution < 1.29 is 0 Å². The molecule has 2 heterocycles. The highest BCUT2D eigenvalue weighted by Crippen LogP contribution is 2.19. The molecule has 0 saturated carbocycles. The maximum Gasteiger partial charge on any atom is 0.0700 e. The Morgan fingerprint density at radius 3 is 2.88 bits per heavy atom. The molecule has 3 heteroatoms. The second-order valence-electron chi connectivity index (χ2n) is 2.43. The Bertz CT molecular complexity index is 126. The number of rotatable bonds is 0. The maximum atomic E-state index is 3.95. The van der Waals surface area contributed by atoms with E-state index in [1.54, 1.807) is 0 Å². The van der Waals surface area contributed by atoms with Gasteiger partial charge in [-0.2, -0.15) is 5.10 Å². The molecule has 0 aromatic rings. The van der Waals surface area contributed by atoms with E-state index in [9.17, 15) is 0 Å². The van der Waals surface area contributed by atoms with Crippen molar-refractivity contribution in [3.8, 4) is 0 Å². The zero-order valence-electron chi connectivity index (χ0n) is 4.65. The minimum absolute atomic E-state index is 0.325. The van der Waals surface area contributed by atoms with E-state index in [1.165, 1.54) is 6.42 Å². The van der Waals surface area contributed by atoms with E-state index in [0.29, 0.717) is 5.54 Å². The predicted octanol–water partition coefficient (Wildman–Crippen LogP) is -0.693. The lowest BCUT2D eigenvalue weighted by Gasteiger charge is -2.11. The molecule has 2 N–H and O–H groups in total. The molecule has 0 amide bonds. The van der Waals surface area contributed by atoms with Crippen LogP contribution in [0.4, 0.5) is 0 Å². The summed E-state index contributed by atoms with van der Waals surface area (Å²) in [6, 6.07) is 0. The highest BCUT2D eigenvalue weighted by Gasteiger charge is 2.40. The van der Waals surface area contributed by atoms with E-state index >= 15 is 0 Å². The molecule has 1 atom stereocenters. The Labute approximate surface area is 48.2 Å². The maximum absolute atomic E-state index is 3.95. The van der Waals surface area contributed by atoms with E-state index in [-0.39, 0.29) is 0 Å². The van der Waals surface area contributed by atoms with Crippen molar-refractivity contribution in [1.82, 2.24) is 10.7 Å². The van der Waals surface area contributed by atoms with Crippen LogP contribution < -0.4 is 10.7 Å². The fourth-order valence-corrected chi connectivity index (χ4v) is 0.959. The molecular weight excluding hydrogens is 102 g/mol. The van der Waals surface area contributed by atoms with Crippen LogP contribution in [0.1, 0.15) is 6.42 Å². The van der Waals surface area contributed by atoms with Gasteiger partial charge in [-0.15, -0.1) is 0 Å². The molecule has 2 aliphatic heterocycles. The van der Waals surface area contributed by atoms with Crippen LogP contribution >= 0.6 is 0 Å². The second-order valence-corrected chi connectivity index (χ2v) is 2.43. The van der Waals surface area contributed by atoms with Crippen molar-refractivity contribution in [2.75, 3.05) is 13.1 Å². The fourth-order valence-electron chi connectivity index (χ4n) is 0.959. The van der Waals surface area contributed by atoms with Crippen molar-refractivity contribution in [2.45, 2.75) is 12.0 Å². The first kappa shape index (κ1) is 4.32. The van der Waals surface area contributed by atoms with Gasteiger partial charge in [-0.25, -0.2) is 0 Å². The fraction of sp³-hybridized carbons (Fsp3) is 0.800. The molecule has 1 unspecified atom stereocenters. The van der Waals surface area contributed by atoms with Gasteiger partial charge < -0.3 is 10.7 Å². The molecule has 3 nitrogen and oxygen atoms in total. The molecule has 0 bridgehead atoms. The summed E-state index contributed by atoms with van der Waals surface area (Å²) in [7, 11) is 0. The topological polar surface area (TPSA) is 46.3 Å². The van der Waals surface area contributed by atoms with Crippen molar-refractivity contribution in [3.63, 3.8) is 0 Å². The monoisotopic (exact) mass is 111 g/mol. The summed E-state index contributed by atoms with van der Waals surface area (Å²) >= 11 is 0. The van der Waals surface area contributed by atoms with E-state index in [2.05, 4.69) is 15.8 Å². The van der Waals surface area contributed by atoms with Gasteiger partial charge >= 0.3 is 0 Å². The van der Waals surface area contributed by atoms with Gasteiger partial charge in [0.2, 0.25) is 0 Å². The normalized spacial score (nSPS) is 42.0. The summed E-state index contributed by atoms with van der Waals surface area (Å²) in [5, 5.41) is 7.22. The molecule has 0 aliphatic carbocycles. The lowest BCUT2D eigenvalue weighted by molar-refractivity contribution is 0.603. The highest BCUT2D eigenvalue weighted by molar-refractivity contribution is 5.75. The zero-order valence-corrected chi connectivity index (χ0v) is 4.65. The van der Waals surface area contributed by atoms with Crippen LogP contribution in [0.3, 0.4) is 0 Å². The van der Waals surface area contributed by atoms with Crippen molar-refractivity contribution >= 4 is 6.21 Å². The van der Waals surface area contributed by atoms with Crippen LogP contribution in [0.25, 0.3) is 0 Å². The molecule has 1 spiro atoms. The Morgan fingerprint density at radius 1 is 1.62 bits per heavy atom. The standard InChI is InChI=1S/C5H9N3/c1-2-7-8-4-5(1)3-6-5/h4,6-7H,1-3H2. The summed E-state index contributed by atoms with van der Waals surface area (Å²) in [6.45, 7) is 2.14. The largest absolute Gasteiger partial charge is 0.310 e. The highest BCUT2D eigenvalue weighted by atomic mass is 15.3. The van der Waals surface area contributed by atoms with Gasteiger partial charge in [0.05, 0.1) is 5.54 Å². The van der Waals surface area contributed by atoms with Crippen LogP contribution in [0.2, 0.25) is 0 Å². The van der Waals surface area contributed by atoms with Gasteiger partial charge in [-0.3, -0.25) is 0 Å². The van der Waals surface area contributed by atoms with Crippen LogP contribution in [0.15, 0.2) is 5.10 Å². The lowest BCUT2D eigenvalue weighted by Crippen LogP contribution is -2.29. The molecule has 44 valence electrons. The van der Waals surface area contributed by atoms with Crippen molar-refractivity contribution in [1.29, 1.82) is 0 Å². The smallest absolute Gasteiger partial charge is 0.0700 e. The Balaban J connectivity index is 2.13. The molecule has 2 aliphatic rings. The van der Waals surface area contributed by atoms with Crippen LogP contribution in [-0.2, 0) is 0 Å². The first-order valence-corrected chi connectivity index (χ1v) is 2.93. The number of nitrogens with zero attached hydrogens (tertiary/aromatic N) is 1. The third kappa shape index (κ3) is 0.512. The van der Waals surface area contributed by atoms with Gasteiger partial charge in [0.25, 0.3) is 0 Å². The summed E-state index contributed by atoms with van der Waals surface area (Å²) in [6.07, 6.45) is 3.16. The number of hydrazone groups is 1. The summed E-state index contributed by atoms with van der Waals surface area (Å²) in [5.74, 6) is 0. The summed E-state index contributed by atoms with van der Waals surface area (Å²) in [4.78, 5) is 0. The summed E-state index contributed by atoms with van der Waals surface area (Å²) < 4.78 is 0. The van der Waals surface area contributed by atoms with Gasteiger partial charge in [0, 0.05) is 19.3 Å². The van der Waals surface area contributed by atoms with E-state index in [1.807, 2.05) is 6.21 Å². The molecule has 0 aromatic carbocycles. The number of hydrogen-bond donors (Lipinski definition) is 2. The third-order valence-electron chi connectivity index (χ3n) is 1.72. The van der Waals surface area contributed by atoms with Crippen LogP contribution in [0.5, 0.6) is 0 Å². The predicted molar refractivity (Wildman–Crippen MR) is 31.8 cm³/mol. The second kappa shape index (κ2) is 1.23. The molecule has 0 radical (unpaired) electrons. The molecule has 8 heavy (non-hydrogen) atoms. The third-order valence-corrected chi connectivity index (χ3v) is 1.72. The minimum atomic E-state index is 0.325. The quantitative estimate of drug-likeness (QED) is 0.406. The number of hydrogen-bond acceptors (Lipinski definition) is 3. The SMILES string of the molecule is C1=NNCCC12CN2. The first-order valence-electron chi connectivity index (χ1n) is 2.93. The van der Waals surface area contributed by atoms with Crippen molar-refractivity contribution in [3.05, 3.63) is 0 Å². The molecule has 2 rings (SSSR count). The lowest BCUT2D eigenvalue weighted by atomic mass is 10.1. The Hall–Kier alpha value is -0.570. The Kier molecular flexibility index (Phi) is 0.663. The summed E-state index contributed by atoms with van der Waals surface area (Å²) in [5.41, 5.74) is 3.23. The molecular formula is C5H9N3. The Morgan fingerprint density at radius 2 is 2.50 bits per heavy atom. The van der Waals surface area contributed by atoms with Gasteiger partial charge in [-0.1, -0.05) is 0 Å². The van der Waals surface area contributed by atoms with Gasteiger partial charge in [-0.05, 0) is 6.42 Å². The van der Waals surface area contributed by atoms with Gasteiger partial charge in [0.1, 0.15) is 0 Å². The van der Waals surface area contributed by atoms with Crippen LogP contribution in [-0.4, -0.2) is 24.8 Å². The van der Waals surface area contributed by atoms with Crippen molar-refractivity contribution in [2.24, 2.45) is 5.10 Å². The first-order chi connectivity index (χ1) is 3.91. The van der Waals surface area contributed by atoms with E-state index in [0.717, 1.165) is 13.1 Å². The van der Waals surface area contributed by atoms with Gasteiger partial charge in [0.15, 0.2) is 0 Å². The minimum Gasteiger partial charge on any atom is -0.310 e. The molecule has 1 saturated heterocycles.